The maximum Gasteiger partial charge on any atom is 0.410 e. The molecule has 1 unspecified atom stereocenters. The quantitative estimate of drug-likeness (QED) is 0.0631. The van der Waals surface area contributed by atoms with Crippen LogP contribution < -0.4 is 26.0 Å². The Morgan fingerprint density at radius 2 is 1.32 bits per heavy atom. The normalized spacial score (nSPS) is 27.9. The first-order valence-electron chi connectivity index (χ1n) is 26.1. The molecule has 78 heavy (non-hydrogen) atoms. The van der Waals surface area contributed by atoms with Gasteiger partial charge in [0.05, 0.1) is 54.3 Å². The first-order chi connectivity index (χ1) is 35.8. The molecule has 1 saturated heterocycles. The molecule has 1 aromatic rings. The van der Waals surface area contributed by atoms with Gasteiger partial charge in [-0.1, -0.05) is 12.1 Å². The molecular weight excluding hydrogens is 1040 g/mol. The van der Waals surface area contributed by atoms with Crippen molar-refractivity contribution in [2.75, 3.05) is 45.6 Å². The van der Waals surface area contributed by atoms with Crippen LogP contribution >= 0.6 is 0 Å². The number of imide groups is 1. The van der Waals surface area contributed by atoms with E-state index in [-0.39, 0.29) is 25.9 Å². The Morgan fingerprint density at radius 1 is 0.782 bits per heavy atom. The summed E-state index contributed by atoms with van der Waals surface area (Å²) in [4.78, 5) is 81.5. The Kier molecular flexibility index (Phi) is 20.3. The van der Waals surface area contributed by atoms with Gasteiger partial charge in [-0.3, -0.25) is 14.5 Å². The molecule has 1 saturated carbocycles. The number of carbonyl (C=O) groups excluding carboxylic acids is 6. The molecule has 26 heteroatoms. The molecule has 440 valence electrons. The van der Waals surface area contributed by atoms with Crippen molar-refractivity contribution in [1.82, 2.24) is 35.8 Å². The van der Waals surface area contributed by atoms with E-state index in [1.165, 1.54) is 18.9 Å². The van der Waals surface area contributed by atoms with Gasteiger partial charge in [0, 0.05) is 32.1 Å². The van der Waals surface area contributed by atoms with Gasteiger partial charge in [-0.2, -0.15) is 0 Å². The van der Waals surface area contributed by atoms with Crippen LogP contribution in [0.15, 0.2) is 36.1 Å². The number of aliphatic hydroxyl groups excluding tert-OH is 2. The second kappa shape index (κ2) is 25.0. The van der Waals surface area contributed by atoms with Gasteiger partial charge >= 0.3 is 24.4 Å². The van der Waals surface area contributed by atoms with Crippen molar-refractivity contribution < 1.29 is 85.7 Å². The first kappa shape index (κ1) is 63.5. The molecule has 6 amide bonds. The standard InChI is InChI=1S/C52H83N7O18S/c1-48(2,3)74-44(64)54-23-25-78(69,70)57-34-26-33(56-46(66)76-50(7,8)9)35(36(60)39(34)73-43-37(61)40(52(13,68)28-71-43)58(14)47(67)77-51(10,11)12)38-32(55-45(65)75-49(4,5)6)21-20-29(72-38)27-53-22-17-24-59-41(62)30-18-15-16-19-31(30)42(59)63/h15-16,18-20,32-40,43,53,57,60-61,68H,17,21-28H2,1-14H3,(H,54,64)(H,55,65)(H,56,66)/t32-,33+,34-,35-,36+,37-,38?,39+,40-,43-,52+/m1/s1. The van der Waals surface area contributed by atoms with E-state index in [2.05, 4.69) is 26.0 Å². The summed E-state index contributed by atoms with van der Waals surface area (Å²) in [5.41, 5.74) is -5.11. The van der Waals surface area contributed by atoms with E-state index in [0.29, 0.717) is 29.9 Å². The minimum atomic E-state index is -4.45. The smallest absolute Gasteiger partial charge is 0.410 e. The number of nitrogens with one attached hydrogen (secondary N) is 5. The number of ether oxygens (including phenoxy) is 7. The summed E-state index contributed by atoms with van der Waals surface area (Å²) in [7, 11) is -3.15. The number of rotatable bonds is 17. The average Bonchev–Trinajstić information content (AvgIpc) is 3.51. The van der Waals surface area contributed by atoms with Crippen molar-refractivity contribution >= 4 is 46.2 Å². The van der Waals surface area contributed by atoms with Crippen LogP contribution in [0.3, 0.4) is 0 Å². The third-order valence-electron chi connectivity index (χ3n) is 12.6. The van der Waals surface area contributed by atoms with Crippen molar-refractivity contribution in [2.45, 2.75) is 192 Å². The molecule has 3 aliphatic heterocycles. The first-order valence-corrected chi connectivity index (χ1v) is 27.8. The van der Waals surface area contributed by atoms with Crippen molar-refractivity contribution in [1.29, 1.82) is 0 Å². The van der Waals surface area contributed by atoms with Crippen LogP contribution in [-0.2, 0) is 43.2 Å². The summed E-state index contributed by atoms with van der Waals surface area (Å²) >= 11 is 0. The third kappa shape index (κ3) is 17.8. The van der Waals surface area contributed by atoms with Crippen LogP contribution in [0.2, 0.25) is 0 Å². The molecule has 1 aromatic carbocycles. The average molecular weight is 1130 g/mol. The molecule has 3 heterocycles. The highest BCUT2D eigenvalue weighted by Gasteiger charge is 2.57. The summed E-state index contributed by atoms with van der Waals surface area (Å²) in [6.07, 6.45) is -10.4. The monoisotopic (exact) mass is 1130 g/mol. The van der Waals surface area contributed by atoms with Crippen molar-refractivity contribution in [3.63, 3.8) is 0 Å². The minimum absolute atomic E-state index is 0.0685. The second-order valence-corrected chi connectivity index (χ2v) is 26.1. The number of likely N-dealkylation sites (N-methyl/N-ethyl adjacent to an activating group) is 1. The van der Waals surface area contributed by atoms with Crippen LogP contribution in [-0.4, -0.2) is 198 Å². The fourth-order valence-corrected chi connectivity index (χ4v) is 10.8. The van der Waals surface area contributed by atoms with Crippen LogP contribution in [0.1, 0.15) is 130 Å². The van der Waals surface area contributed by atoms with Crippen molar-refractivity contribution in [3.05, 3.63) is 47.2 Å². The fraction of sp³-hybridized carbons (Fsp3) is 0.731. The number of hydrogen-bond donors (Lipinski definition) is 8. The molecular formula is C52H83N7O18S. The van der Waals surface area contributed by atoms with E-state index in [4.69, 9.17) is 33.2 Å². The Morgan fingerprint density at radius 3 is 1.87 bits per heavy atom. The second-order valence-electron chi connectivity index (χ2n) is 24.3. The Labute approximate surface area is 457 Å². The molecule has 5 rings (SSSR count). The maximum atomic E-state index is 14.1. The summed E-state index contributed by atoms with van der Waals surface area (Å²) < 4.78 is 71.9. The number of fused-ring (bicyclic) bond motifs is 1. The summed E-state index contributed by atoms with van der Waals surface area (Å²) in [5.74, 6) is -2.50. The Hall–Kier alpha value is -5.35. The van der Waals surface area contributed by atoms with E-state index < -0.39 is 154 Å². The fourth-order valence-electron chi connectivity index (χ4n) is 9.57. The topological polar surface area (TPSA) is 328 Å². The van der Waals surface area contributed by atoms with Gasteiger partial charge in [0.25, 0.3) is 11.8 Å². The maximum absolute atomic E-state index is 14.1. The van der Waals surface area contributed by atoms with Crippen LogP contribution in [0.4, 0.5) is 19.2 Å². The molecule has 8 N–H and O–H groups in total. The van der Waals surface area contributed by atoms with Gasteiger partial charge in [0.1, 0.15) is 52.1 Å². The van der Waals surface area contributed by atoms with E-state index in [9.17, 15) is 52.5 Å². The molecule has 25 nitrogen and oxygen atoms in total. The predicted molar refractivity (Wildman–Crippen MR) is 281 cm³/mol. The Bertz CT molecular complexity index is 2430. The summed E-state index contributed by atoms with van der Waals surface area (Å²) in [6.45, 7) is 20.5. The van der Waals surface area contributed by atoms with Gasteiger partial charge < -0.3 is 74.6 Å². The Balaban J connectivity index is 1.51. The highest BCUT2D eigenvalue weighted by molar-refractivity contribution is 7.89. The van der Waals surface area contributed by atoms with Crippen LogP contribution in [0.5, 0.6) is 0 Å². The van der Waals surface area contributed by atoms with E-state index in [0.717, 1.165) is 4.90 Å². The lowest BCUT2D eigenvalue weighted by Crippen LogP contribution is -2.71. The van der Waals surface area contributed by atoms with Gasteiger partial charge in [0.2, 0.25) is 10.0 Å². The zero-order chi connectivity index (χ0) is 58.5. The largest absolute Gasteiger partial charge is 0.491 e. The highest BCUT2D eigenvalue weighted by atomic mass is 32.2. The number of alkyl carbamates (subject to hydrolysis) is 3. The SMILES string of the molecule is CN(C(=O)OC(C)(C)C)[C@@H]1[C@@H](O)[C@@H](O[C@@H]2[C@@H](O)[C@H](C3OC(CNCCCN4C(=O)c5ccccc5C4=O)=CC[C@H]3NC(=O)OC(C)(C)C)[C@@H](NC(=O)OC(C)(C)C)C[C@H]2NS(=O)(=O)CCNC(=O)OC(C)(C)C)OC[C@]1(C)O. The zero-order valence-electron chi connectivity index (χ0n) is 47.3. The van der Waals surface area contributed by atoms with E-state index in [1.807, 2.05) is 0 Å². The van der Waals surface area contributed by atoms with Crippen LogP contribution in [0, 0.1) is 5.92 Å². The van der Waals surface area contributed by atoms with E-state index >= 15 is 0 Å². The number of benzene rings is 1. The highest BCUT2D eigenvalue weighted by Crippen LogP contribution is 2.39. The molecule has 0 aromatic heterocycles. The van der Waals surface area contributed by atoms with Gasteiger partial charge in [0.15, 0.2) is 6.29 Å². The number of carbonyl (C=O) groups is 6. The van der Waals surface area contributed by atoms with Gasteiger partial charge in [-0.15, -0.1) is 0 Å². The number of amides is 6. The molecule has 4 aliphatic rings. The lowest BCUT2D eigenvalue weighted by atomic mass is 9.72. The zero-order valence-corrected chi connectivity index (χ0v) is 48.1. The molecule has 2 fully saturated rings. The third-order valence-corrected chi connectivity index (χ3v) is 14.0. The molecule has 0 spiro atoms. The predicted octanol–water partition coefficient (Wildman–Crippen LogP) is 3.00. The lowest BCUT2D eigenvalue weighted by Gasteiger charge is -2.52. The number of hydrogen-bond acceptors (Lipinski definition) is 19. The van der Waals surface area contributed by atoms with Gasteiger partial charge in [-0.05, 0) is 134 Å². The molecule has 11 atom stereocenters. The number of sulfonamides is 1. The molecule has 1 aliphatic carbocycles. The van der Waals surface area contributed by atoms with E-state index in [1.54, 1.807) is 113 Å². The summed E-state index contributed by atoms with van der Waals surface area (Å²) in [6, 6.07) is 1.36. The molecule has 0 radical (unpaired) electrons. The number of aliphatic hydroxyl groups is 3. The van der Waals surface area contributed by atoms with Crippen molar-refractivity contribution in [2.24, 2.45) is 5.92 Å². The minimum Gasteiger partial charge on any atom is -0.491 e. The lowest BCUT2D eigenvalue weighted by molar-refractivity contribution is -0.305. The van der Waals surface area contributed by atoms with Crippen molar-refractivity contribution in [3.8, 4) is 0 Å². The summed E-state index contributed by atoms with van der Waals surface area (Å²) in [5, 5.41) is 47.9. The van der Waals surface area contributed by atoms with Gasteiger partial charge in [-0.25, -0.2) is 32.3 Å². The van der Waals surface area contributed by atoms with Crippen LogP contribution in [0.25, 0.3) is 0 Å². The molecule has 0 bridgehead atoms. The number of nitrogens with zero attached hydrogens (tertiary/aromatic N) is 2.